The largest absolute Gasteiger partial charge is 0.348 e. The Morgan fingerprint density at radius 1 is 0.969 bits per heavy atom. The number of hydrogen-bond acceptors (Lipinski definition) is 4. The van der Waals surface area contributed by atoms with Crippen molar-refractivity contribution in [3.05, 3.63) is 65.2 Å². The number of carbonyl (C=O) groups is 1. The highest BCUT2D eigenvalue weighted by Crippen LogP contribution is 2.26. The third-order valence-corrected chi connectivity index (χ3v) is 8.02. The quantitative estimate of drug-likeness (QED) is 0.527. The second-order valence-corrected chi connectivity index (χ2v) is 11.1. The maximum atomic E-state index is 12.5. The lowest BCUT2D eigenvalue weighted by Crippen LogP contribution is -2.29. The van der Waals surface area contributed by atoms with Gasteiger partial charge in [-0.05, 0) is 67.1 Å². The van der Waals surface area contributed by atoms with Gasteiger partial charge in [0, 0.05) is 25.2 Å². The smallest absolute Gasteiger partial charge is 0.251 e. The number of benzene rings is 2. The van der Waals surface area contributed by atoms with Crippen molar-refractivity contribution in [2.24, 2.45) is 5.92 Å². The minimum Gasteiger partial charge on any atom is -0.348 e. The molecule has 6 heteroatoms. The van der Waals surface area contributed by atoms with E-state index in [0.29, 0.717) is 17.0 Å². The third kappa shape index (κ3) is 6.91. The standard InChI is InChI=1S/C26H36N2O3S/c1-3-17-28(19-22-7-5-6-8-22)20-23-9-13-24(14-10-23)26(29)27-18-21-11-15-25(16-12-21)32(30,31)4-2/h9-16,22H,3-8,17-20H2,1-2H3,(H,27,29). The zero-order valence-corrected chi connectivity index (χ0v) is 20.2. The highest BCUT2D eigenvalue weighted by molar-refractivity contribution is 7.91. The van der Waals surface area contributed by atoms with Crippen molar-refractivity contribution in [1.29, 1.82) is 0 Å². The predicted molar refractivity (Wildman–Crippen MR) is 129 cm³/mol. The summed E-state index contributed by atoms with van der Waals surface area (Å²) in [7, 11) is -3.20. The molecule has 1 saturated carbocycles. The molecule has 1 fully saturated rings. The molecule has 3 rings (SSSR count). The van der Waals surface area contributed by atoms with Crippen LogP contribution < -0.4 is 5.32 Å². The molecule has 0 spiro atoms. The maximum Gasteiger partial charge on any atom is 0.251 e. The van der Waals surface area contributed by atoms with E-state index < -0.39 is 9.84 Å². The summed E-state index contributed by atoms with van der Waals surface area (Å²) >= 11 is 0. The topological polar surface area (TPSA) is 66.5 Å². The van der Waals surface area contributed by atoms with Gasteiger partial charge in [0.1, 0.15) is 0 Å². The fourth-order valence-corrected chi connectivity index (χ4v) is 5.28. The summed E-state index contributed by atoms with van der Waals surface area (Å²) in [5.41, 5.74) is 2.74. The van der Waals surface area contributed by atoms with Crippen LogP contribution >= 0.6 is 0 Å². The molecule has 0 aliphatic heterocycles. The molecule has 0 saturated heterocycles. The molecular formula is C26H36N2O3S. The van der Waals surface area contributed by atoms with E-state index in [-0.39, 0.29) is 11.7 Å². The predicted octanol–water partition coefficient (Wildman–Crippen LogP) is 4.81. The average molecular weight is 457 g/mol. The Hall–Kier alpha value is -2.18. The summed E-state index contributed by atoms with van der Waals surface area (Å²) in [6.45, 7) is 7.43. The molecule has 0 aromatic heterocycles. The highest BCUT2D eigenvalue weighted by atomic mass is 32.2. The Balaban J connectivity index is 1.52. The molecule has 1 aliphatic carbocycles. The van der Waals surface area contributed by atoms with Gasteiger partial charge in [0.05, 0.1) is 10.6 Å². The Bertz CT molecular complexity index is 963. The summed E-state index contributed by atoms with van der Waals surface area (Å²) in [6.07, 6.45) is 6.61. The van der Waals surface area contributed by atoms with Gasteiger partial charge in [-0.1, -0.05) is 51.0 Å². The van der Waals surface area contributed by atoms with E-state index in [1.165, 1.54) is 37.8 Å². The Morgan fingerprint density at radius 2 is 1.59 bits per heavy atom. The Morgan fingerprint density at radius 3 is 2.19 bits per heavy atom. The van der Waals surface area contributed by atoms with E-state index in [4.69, 9.17) is 0 Å². The van der Waals surface area contributed by atoms with Crippen LogP contribution in [0.1, 0.15) is 67.4 Å². The molecule has 1 N–H and O–H groups in total. The third-order valence-electron chi connectivity index (χ3n) is 6.27. The maximum absolute atomic E-state index is 12.5. The first kappa shape index (κ1) is 24.5. The first-order chi connectivity index (χ1) is 15.4. The van der Waals surface area contributed by atoms with Crippen molar-refractivity contribution in [3.8, 4) is 0 Å². The average Bonchev–Trinajstić information content (AvgIpc) is 3.31. The normalized spacial score (nSPS) is 14.7. The second kappa shape index (κ2) is 11.6. The number of nitrogens with one attached hydrogen (secondary N) is 1. The van der Waals surface area contributed by atoms with Crippen LogP contribution in [0.5, 0.6) is 0 Å². The molecule has 0 unspecified atom stereocenters. The molecule has 0 radical (unpaired) electrons. The van der Waals surface area contributed by atoms with E-state index >= 15 is 0 Å². The number of amides is 1. The number of nitrogens with zero attached hydrogens (tertiary/aromatic N) is 1. The summed E-state index contributed by atoms with van der Waals surface area (Å²) in [5.74, 6) is 0.788. The fraction of sp³-hybridized carbons (Fsp3) is 0.500. The van der Waals surface area contributed by atoms with Crippen molar-refractivity contribution >= 4 is 15.7 Å². The molecule has 2 aromatic carbocycles. The lowest BCUT2D eigenvalue weighted by Gasteiger charge is -2.25. The van der Waals surface area contributed by atoms with E-state index in [0.717, 1.165) is 31.0 Å². The van der Waals surface area contributed by atoms with E-state index in [1.54, 1.807) is 31.2 Å². The molecule has 32 heavy (non-hydrogen) atoms. The monoisotopic (exact) mass is 456 g/mol. The van der Waals surface area contributed by atoms with Crippen LogP contribution in [-0.4, -0.2) is 38.1 Å². The van der Waals surface area contributed by atoms with E-state index in [9.17, 15) is 13.2 Å². The highest BCUT2D eigenvalue weighted by Gasteiger charge is 2.18. The molecular weight excluding hydrogens is 420 g/mol. The van der Waals surface area contributed by atoms with Gasteiger partial charge in [-0.25, -0.2) is 8.42 Å². The first-order valence-electron chi connectivity index (χ1n) is 11.8. The van der Waals surface area contributed by atoms with Crippen molar-refractivity contribution in [2.45, 2.75) is 63.9 Å². The van der Waals surface area contributed by atoms with Crippen LogP contribution in [0.2, 0.25) is 0 Å². The van der Waals surface area contributed by atoms with Gasteiger partial charge in [-0.3, -0.25) is 9.69 Å². The number of hydrogen-bond donors (Lipinski definition) is 1. The van der Waals surface area contributed by atoms with Crippen LogP contribution in [0.3, 0.4) is 0 Å². The molecule has 1 amide bonds. The van der Waals surface area contributed by atoms with Crippen molar-refractivity contribution < 1.29 is 13.2 Å². The zero-order chi connectivity index (χ0) is 23.0. The minimum atomic E-state index is -3.20. The molecule has 0 atom stereocenters. The summed E-state index contributed by atoms with van der Waals surface area (Å²) in [4.78, 5) is 15.4. The van der Waals surface area contributed by atoms with Gasteiger partial charge in [-0.2, -0.15) is 0 Å². The van der Waals surface area contributed by atoms with Crippen LogP contribution in [0, 0.1) is 5.92 Å². The van der Waals surface area contributed by atoms with E-state index in [2.05, 4.69) is 29.3 Å². The van der Waals surface area contributed by atoms with Crippen molar-refractivity contribution in [2.75, 3.05) is 18.8 Å². The molecule has 5 nitrogen and oxygen atoms in total. The molecule has 1 aliphatic rings. The van der Waals surface area contributed by atoms with Crippen molar-refractivity contribution in [1.82, 2.24) is 10.2 Å². The molecule has 0 heterocycles. The molecule has 2 aromatic rings. The van der Waals surface area contributed by atoms with Gasteiger partial charge in [0.2, 0.25) is 0 Å². The Kier molecular flexibility index (Phi) is 8.88. The van der Waals surface area contributed by atoms with Gasteiger partial charge < -0.3 is 5.32 Å². The SMILES string of the molecule is CCCN(Cc1ccc(C(=O)NCc2ccc(S(=O)(=O)CC)cc2)cc1)CC1CCCC1. The summed E-state index contributed by atoms with van der Waals surface area (Å²) in [5, 5.41) is 2.92. The van der Waals surface area contributed by atoms with Gasteiger partial charge in [-0.15, -0.1) is 0 Å². The minimum absolute atomic E-state index is 0.0792. The van der Waals surface area contributed by atoms with Crippen LogP contribution in [0.4, 0.5) is 0 Å². The Labute approximate surface area is 193 Å². The van der Waals surface area contributed by atoms with Crippen molar-refractivity contribution in [3.63, 3.8) is 0 Å². The van der Waals surface area contributed by atoms with Crippen LogP contribution in [0.25, 0.3) is 0 Å². The van der Waals surface area contributed by atoms with Gasteiger partial charge in [0.15, 0.2) is 9.84 Å². The molecule has 174 valence electrons. The number of rotatable bonds is 11. The fourth-order valence-electron chi connectivity index (χ4n) is 4.39. The van der Waals surface area contributed by atoms with E-state index in [1.807, 2.05) is 12.1 Å². The van der Waals surface area contributed by atoms with Crippen LogP contribution in [0.15, 0.2) is 53.4 Å². The number of sulfone groups is 1. The lowest BCUT2D eigenvalue weighted by atomic mass is 10.1. The first-order valence-corrected chi connectivity index (χ1v) is 13.5. The molecule has 0 bridgehead atoms. The summed E-state index contributed by atoms with van der Waals surface area (Å²) in [6, 6.07) is 14.6. The van der Waals surface area contributed by atoms with Gasteiger partial charge >= 0.3 is 0 Å². The van der Waals surface area contributed by atoms with Crippen LogP contribution in [-0.2, 0) is 22.9 Å². The zero-order valence-electron chi connectivity index (χ0n) is 19.3. The number of carbonyl (C=O) groups excluding carboxylic acids is 1. The van der Waals surface area contributed by atoms with Gasteiger partial charge in [0.25, 0.3) is 5.91 Å². The summed E-state index contributed by atoms with van der Waals surface area (Å²) < 4.78 is 23.8. The second-order valence-electron chi connectivity index (χ2n) is 8.81. The lowest BCUT2D eigenvalue weighted by molar-refractivity contribution is 0.0951.